The lowest BCUT2D eigenvalue weighted by Gasteiger charge is -2.19. The third-order valence-electron chi connectivity index (χ3n) is 2.45. The SMILES string of the molecule is CC(CCCO)NC(C)Cc1cccs1. The molecule has 0 radical (unpaired) electrons. The van der Waals surface area contributed by atoms with Crippen molar-refractivity contribution in [3.63, 3.8) is 0 Å². The normalized spacial score (nSPS) is 15.1. The lowest BCUT2D eigenvalue weighted by Crippen LogP contribution is -2.35. The van der Waals surface area contributed by atoms with Crippen molar-refractivity contribution in [3.05, 3.63) is 22.4 Å². The summed E-state index contributed by atoms with van der Waals surface area (Å²) in [4.78, 5) is 1.43. The largest absolute Gasteiger partial charge is 0.396 e. The predicted molar refractivity (Wildman–Crippen MR) is 66.4 cm³/mol. The topological polar surface area (TPSA) is 32.3 Å². The Labute approximate surface area is 96.3 Å². The lowest BCUT2D eigenvalue weighted by atomic mass is 10.1. The van der Waals surface area contributed by atoms with Crippen LogP contribution in [0.5, 0.6) is 0 Å². The maximum Gasteiger partial charge on any atom is 0.0431 e. The summed E-state index contributed by atoms with van der Waals surface area (Å²) in [5, 5.41) is 14.4. The van der Waals surface area contributed by atoms with Crippen LogP contribution < -0.4 is 5.32 Å². The molecule has 0 aliphatic heterocycles. The van der Waals surface area contributed by atoms with Crippen LogP contribution in [0.25, 0.3) is 0 Å². The predicted octanol–water partition coefficient (Wildman–Crippen LogP) is 2.43. The van der Waals surface area contributed by atoms with Crippen LogP contribution in [0.3, 0.4) is 0 Å². The number of nitrogens with one attached hydrogen (secondary N) is 1. The average molecular weight is 227 g/mol. The minimum atomic E-state index is 0.297. The molecule has 1 aromatic rings. The van der Waals surface area contributed by atoms with Crippen molar-refractivity contribution in [2.45, 2.75) is 45.2 Å². The van der Waals surface area contributed by atoms with E-state index < -0.39 is 0 Å². The molecule has 0 aliphatic carbocycles. The van der Waals surface area contributed by atoms with E-state index in [1.165, 1.54) is 4.88 Å². The Morgan fingerprint density at radius 1 is 1.40 bits per heavy atom. The van der Waals surface area contributed by atoms with Crippen molar-refractivity contribution in [3.8, 4) is 0 Å². The second-order valence-electron chi connectivity index (χ2n) is 4.12. The molecule has 0 bridgehead atoms. The van der Waals surface area contributed by atoms with E-state index in [2.05, 4.69) is 36.7 Å². The van der Waals surface area contributed by atoms with Crippen LogP contribution in [-0.2, 0) is 6.42 Å². The van der Waals surface area contributed by atoms with Crippen molar-refractivity contribution in [1.82, 2.24) is 5.32 Å². The van der Waals surface area contributed by atoms with Gasteiger partial charge in [-0.25, -0.2) is 0 Å². The summed E-state index contributed by atoms with van der Waals surface area (Å²) in [5.74, 6) is 0. The molecule has 2 N–H and O–H groups in total. The van der Waals surface area contributed by atoms with Crippen LogP contribution in [0.2, 0.25) is 0 Å². The highest BCUT2D eigenvalue weighted by Crippen LogP contribution is 2.11. The first kappa shape index (κ1) is 12.7. The van der Waals surface area contributed by atoms with Crippen molar-refractivity contribution in [1.29, 1.82) is 0 Å². The number of hydrogen-bond donors (Lipinski definition) is 2. The van der Waals surface area contributed by atoms with E-state index in [9.17, 15) is 0 Å². The van der Waals surface area contributed by atoms with E-state index in [1.807, 2.05) is 11.3 Å². The monoisotopic (exact) mass is 227 g/mol. The molecule has 2 atom stereocenters. The first-order chi connectivity index (χ1) is 7.22. The summed E-state index contributed by atoms with van der Waals surface area (Å²) in [6.45, 7) is 4.70. The molecular formula is C12H21NOS. The zero-order valence-corrected chi connectivity index (χ0v) is 10.4. The minimum Gasteiger partial charge on any atom is -0.396 e. The molecular weight excluding hydrogens is 206 g/mol. The van der Waals surface area contributed by atoms with Gasteiger partial charge in [0.1, 0.15) is 0 Å². The molecule has 0 amide bonds. The molecule has 1 rings (SSSR count). The number of aliphatic hydroxyl groups is 1. The van der Waals surface area contributed by atoms with Crippen LogP contribution in [0.15, 0.2) is 17.5 Å². The van der Waals surface area contributed by atoms with Gasteiger partial charge in [0.2, 0.25) is 0 Å². The molecule has 86 valence electrons. The van der Waals surface area contributed by atoms with Crippen molar-refractivity contribution in [2.75, 3.05) is 6.61 Å². The molecule has 0 aromatic carbocycles. The van der Waals surface area contributed by atoms with Gasteiger partial charge in [0.25, 0.3) is 0 Å². The van der Waals surface area contributed by atoms with Crippen molar-refractivity contribution < 1.29 is 5.11 Å². The van der Waals surface area contributed by atoms with E-state index in [0.717, 1.165) is 19.3 Å². The smallest absolute Gasteiger partial charge is 0.0431 e. The van der Waals surface area contributed by atoms with Crippen molar-refractivity contribution >= 4 is 11.3 Å². The quantitative estimate of drug-likeness (QED) is 0.750. The van der Waals surface area contributed by atoms with Crippen LogP contribution in [0, 0.1) is 0 Å². The van der Waals surface area contributed by atoms with Gasteiger partial charge in [-0.05, 0) is 44.6 Å². The highest BCUT2D eigenvalue weighted by molar-refractivity contribution is 7.09. The summed E-state index contributed by atoms with van der Waals surface area (Å²) >= 11 is 1.82. The first-order valence-corrected chi connectivity index (χ1v) is 6.49. The molecule has 1 aromatic heterocycles. The fourth-order valence-electron chi connectivity index (χ4n) is 1.76. The second-order valence-corrected chi connectivity index (χ2v) is 5.15. The van der Waals surface area contributed by atoms with Gasteiger partial charge >= 0.3 is 0 Å². The highest BCUT2D eigenvalue weighted by Gasteiger charge is 2.08. The molecule has 3 heteroatoms. The zero-order valence-electron chi connectivity index (χ0n) is 9.57. The number of rotatable bonds is 7. The van der Waals surface area contributed by atoms with Gasteiger partial charge in [-0.15, -0.1) is 11.3 Å². The van der Waals surface area contributed by atoms with Gasteiger partial charge < -0.3 is 10.4 Å². The Hall–Kier alpha value is -0.380. The van der Waals surface area contributed by atoms with Gasteiger partial charge in [-0.3, -0.25) is 0 Å². The lowest BCUT2D eigenvalue weighted by molar-refractivity contribution is 0.274. The summed E-state index contributed by atoms with van der Waals surface area (Å²) < 4.78 is 0. The van der Waals surface area contributed by atoms with Gasteiger partial charge in [0.15, 0.2) is 0 Å². The van der Waals surface area contributed by atoms with Crippen LogP contribution in [0.1, 0.15) is 31.6 Å². The first-order valence-electron chi connectivity index (χ1n) is 5.61. The maximum absolute atomic E-state index is 8.73. The van der Waals surface area contributed by atoms with Gasteiger partial charge in [-0.1, -0.05) is 6.07 Å². The Morgan fingerprint density at radius 2 is 2.20 bits per heavy atom. The van der Waals surface area contributed by atoms with E-state index in [1.54, 1.807) is 0 Å². The van der Waals surface area contributed by atoms with Gasteiger partial charge in [0.05, 0.1) is 0 Å². The maximum atomic E-state index is 8.73. The number of aliphatic hydroxyl groups excluding tert-OH is 1. The third-order valence-corrected chi connectivity index (χ3v) is 3.35. The molecule has 0 saturated carbocycles. The van der Waals surface area contributed by atoms with E-state index in [-0.39, 0.29) is 0 Å². The Balaban J connectivity index is 2.20. The van der Waals surface area contributed by atoms with Crippen LogP contribution in [0.4, 0.5) is 0 Å². The molecule has 15 heavy (non-hydrogen) atoms. The highest BCUT2D eigenvalue weighted by atomic mass is 32.1. The molecule has 0 fully saturated rings. The summed E-state index contributed by atoms with van der Waals surface area (Å²) in [7, 11) is 0. The summed E-state index contributed by atoms with van der Waals surface area (Å²) in [5.41, 5.74) is 0. The van der Waals surface area contributed by atoms with Gasteiger partial charge in [-0.2, -0.15) is 0 Å². The Morgan fingerprint density at radius 3 is 2.80 bits per heavy atom. The molecule has 0 spiro atoms. The summed E-state index contributed by atoms with van der Waals surface area (Å²) in [6, 6.07) is 5.29. The average Bonchev–Trinajstić information content (AvgIpc) is 2.67. The molecule has 2 nitrogen and oxygen atoms in total. The van der Waals surface area contributed by atoms with E-state index >= 15 is 0 Å². The number of hydrogen-bond acceptors (Lipinski definition) is 3. The Kier molecular flexibility index (Phi) is 5.91. The van der Waals surface area contributed by atoms with E-state index in [4.69, 9.17) is 5.11 Å². The van der Waals surface area contributed by atoms with Crippen LogP contribution >= 0.6 is 11.3 Å². The standard InChI is InChI=1S/C12H21NOS/c1-10(5-3-7-14)13-11(2)9-12-6-4-8-15-12/h4,6,8,10-11,13-14H,3,5,7,9H2,1-2H3. The minimum absolute atomic E-state index is 0.297. The molecule has 2 unspecified atom stereocenters. The fourth-order valence-corrected chi connectivity index (χ4v) is 2.59. The fraction of sp³-hybridized carbons (Fsp3) is 0.667. The summed E-state index contributed by atoms with van der Waals surface area (Å²) in [6.07, 6.45) is 3.03. The number of thiophene rings is 1. The van der Waals surface area contributed by atoms with Crippen molar-refractivity contribution in [2.24, 2.45) is 0 Å². The zero-order chi connectivity index (χ0) is 11.1. The van der Waals surface area contributed by atoms with E-state index in [0.29, 0.717) is 18.7 Å². The molecule has 0 aliphatic rings. The third kappa shape index (κ3) is 5.30. The molecule has 0 saturated heterocycles. The molecule has 1 heterocycles. The Bertz CT molecular complexity index is 248. The van der Waals surface area contributed by atoms with Gasteiger partial charge in [0, 0.05) is 23.6 Å². The van der Waals surface area contributed by atoms with Crippen LogP contribution in [-0.4, -0.2) is 23.8 Å². The second kappa shape index (κ2) is 6.99.